The predicted molar refractivity (Wildman–Crippen MR) is 80.7 cm³/mol. The first-order valence-electron chi connectivity index (χ1n) is 7.62. The van der Waals surface area contributed by atoms with E-state index in [1.807, 2.05) is 30.3 Å². The second kappa shape index (κ2) is 7.93. The van der Waals surface area contributed by atoms with Crippen LogP contribution in [0.25, 0.3) is 0 Å². The summed E-state index contributed by atoms with van der Waals surface area (Å²) in [6.07, 6.45) is 4.20. The van der Waals surface area contributed by atoms with E-state index < -0.39 is 6.04 Å². The Kier molecular flexibility index (Phi) is 5.93. The van der Waals surface area contributed by atoms with Gasteiger partial charge in [-0.15, -0.1) is 0 Å². The molecule has 1 aromatic carbocycles. The van der Waals surface area contributed by atoms with Crippen LogP contribution in [0, 0.1) is 5.92 Å². The number of rotatable bonds is 6. The lowest BCUT2D eigenvalue weighted by Gasteiger charge is -2.34. The Bertz CT molecular complexity index is 454. The Morgan fingerprint density at radius 1 is 1.24 bits per heavy atom. The molecule has 0 N–H and O–H groups in total. The summed E-state index contributed by atoms with van der Waals surface area (Å²) in [6.45, 7) is 3.78. The zero-order valence-corrected chi connectivity index (χ0v) is 12.5. The number of ether oxygens (including phenoxy) is 1. The molecular formula is C17H23NO3. The summed E-state index contributed by atoms with van der Waals surface area (Å²) < 4.78 is 5.43. The number of aldehydes is 1. The first kappa shape index (κ1) is 15.7. The van der Waals surface area contributed by atoms with Crippen LogP contribution in [0.15, 0.2) is 30.3 Å². The molecule has 0 bridgehead atoms. The topological polar surface area (TPSA) is 46.6 Å². The lowest BCUT2D eigenvalue weighted by molar-refractivity contribution is -0.155. The van der Waals surface area contributed by atoms with Crippen LogP contribution in [0.1, 0.15) is 31.7 Å². The Hall–Kier alpha value is -1.68. The molecule has 1 fully saturated rings. The van der Waals surface area contributed by atoms with Gasteiger partial charge < -0.3 is 9.53 Å². The molecule has 4 nitrogen and oxygen atoms in total. The van der Waals surface area contributed by atoms with Gasteiger partial charge in [0.15, 0.2) is 0 Å². The van der Waals surface area contributed by atoms with Gasteiger partial charge >= 0.3 is 5.97 Å². The fourth-order valence-corrected chi connectivity index (χ4v) is 2.78. The van der Waals surface area contributed by atoms with E-state index in [0.29, 0.717) is 0 Å². The molecule has 114 valence electrons. The van der Waals surface area contributed by atoms with E-state index in [9.17, 15) is 9.59 Å². The first-order chi connectivity index (χ1) is 10.2. The molecule has 1 saturated heterocycles. The number of carbonyl (C=O) groups is 2. The monoisotopic (exact) mass is 289 g/mol. The quantitative estimate of drug-likeness (QED) is 0.596. The van der Waals surface area contributed by atoms with Gasteiger partial charge in [-0.25, -0.2) is 0 Å². The van der Waals surface area contributed by atoms with Gasteiger partial charge in [-0.05, 0) is 31.5 Å². The number of esters is 1. The van der Waals surface area contributed by atoms with Crippen molar-refractivity contribution in [1.82, 2.24) is 4.90 Å². The Morgan fingerprint density at radius 3 is 2.52 bits per heavy atom. The van der Waals surface area contributed by atoms with Gasteiger partial charge in [-0.3, -0.25) is 9.69 Å². The highest BCUT2D eigenvalue weighted by Gasteiger charge is 2.33. The summed E-state index contributed by atoms with van der Waals surface area (Å²) in [7, 11) is 0. The molecule has 0 saturated carbocycles. The van der Waals surface area contributed by atoms with E-state index in [2.05, 4.69) is 4.90 Å². The van der Waals surface area contributed by atoms with Gasteiger partial charge in [-0.1, -0.05) is 43.7 Å². The van der Waals surface area contributed by atoms with Gasteiger partial charge in [0.2, 0.25) is 0 Å². The predicted octanol–water partition coefficient (Wildman–Crippen LogP) is 2.42. The van der Waals surface area contributed by atoms with Crippen LogP contribution >= 0.6 is 0 Å². The lowest BCUT2D eigenvalue weighted by Crippen LogP contribution is -2.48. The van der Waals surface area contributed by atoms with Gasteiger partial charge in [0.25, 0.3) is 0 Å². The van der Waals surface area contributed by atoms with Crippen molar-refractivity contribution in [3.63, 3.8) is 0 Å². The maximum Gasteiger partial charge on any atom is 0.324 e. The number of hydrogen-bond acceptors (Lipinski definition) is 4. The van der Waals surface area contributed by atoms with Crippen LogP contribution in [-0.4, -0.2) is 36.3 Å². The van der Waals surface area contributed by atoms with Crippen LogP contribution in [-0.2, 0) is 20.9 Å². The normalized spacial score (nSPS) is 18.7. The Morgan fingerprint density at radius 2 is 1.90 bits per heavy atom. The number of nitrogens with zero attached hydrogens (tertiary/aromatic N) is 1. The summed E-state index contributed by atoms with van der Waals surface area (Å²) in [4.78, 5) is 25.6. The van der Waals surface area contributed by atoms with Crippen LogP contribution in [0.4, 0.5) is 0 Å². The van der Waals surface area contributed by atoms with E-state index in [1.54, 1.807) is 6.92 Å². The molecule has 4 heteroatoms. The molecule has 2 rings (SSSR count). The number of likely N-dealkylation sites (tertiary alicyclic amines) is 1. The summed E-state index contributed by atoms with van der Waals surface area (Å²) in [5.74, 6) is -0.633. The molecule has 2 unspecified atom stereocenters. The molecule has 2 atom stereocenters. The van der Waals surface area contributed by atoms with Crippen LogP contribution in [0.5, 0.6) is 0 Å². The summed E-state index contributed by atoms with van der Waals surface area (Å²) in [5, 5.41) is 0. The Labute approximate surface area is 126 Å². The maximum absolute atomic E-state index is 12.4. The van der Waals surface area contributed by atoms with Crippen molar-refractivity contribution in [3.05, 3.63) is 35.9 Å². The summed E-state index contributed by atoms with van der Waals surface area (Å²) in [5.41, 5.74) is 0.960. The fourth-order valence-electron chi connectivity index (χ4n) is 2.78. The van der Waals surface area contributed by atoms with Crippen molar-refractivity contribution >= 4 is 12.3 Å². The first-order valence-corrected chi connectivity index (χ1v) is 7.62. The molecular weight excluding hydrogens is 266 g/mol. The average Bonchev–Trinajstić information content (AvgIpc) is 2.55. The van der Waals surface area contributed by atoms with Gasteiger partial charge in [-0.2, -0.15) is 0 Å². The molecule has 0 radical (unpaired) electrons. The lowest BCUT2D eigenvalue weighted by atomic mass is 9.99. The third-order valence-corrected chi connectivity index (χ3v) is 3.96. The van der Waals surface area contributed by atoms with Crippen molar-refractivity contribution in [2.45, 2.75) is 38.8 Å². The molecule has 1 aliphatic rings. The smallest absolute Gasteiger partial charge is 0.324 e. The minimum absolute atomic E-state index is 0.260. The van der Waals surface area contributed by atoms with Crippen molar-refractivity contribution in [3.8, 4) is 0 Å². The van der Waals surface area contributed by atoms with E-state index >= 15 is 0 Å². The number of benzene rings is 1. The zero-order chi connectivity index (χ0) is 15.1. The fraction of sp³-hybridized carbons (Fsp3) is 0.529. The van der Waals surface area contributed by atoms with Crippen molar-refractivity contribution in [1.29, 1.82) is 0 Å². The second-order valence-electron chi connectivity index (χ2n) is 5.63. The molecule has 0 aromatic heterocycles. The largest absolute Gasteiger partial charge is 0.460 e. The van der Waals surface area contributed by atoms with Crippen LogP contribution < -0.4 is 0 Å². The van der Waals surface area contributed by atoms with E-state index in [0.717, 1.165) is 37.8 Å². The third-order valence-electron chi connectivity index (χ3n) is 3.96. The molecule has 0 aliphatic carbocycles. The highest BCUT2D eigenvalue weighted by molar-refractivity contribution is 5.80. The van der Waals surface area contributed by atoms with E-state index in [-0.39, 0.29) is 18.5 Å². The highest BCUT2D eigenvalue weighted by atomic mass is 16.5. The summed E-state index contributed by atoms with van der Waals surface area (Å²) >= 11 is 0. The third kappa shape index (κ3) is 4.39. The van der Waals surface area contributed by atoms with E-state index in [1.165, 1.54) is 6.42 Å². The van der Waals surface area contributed by atoms with Crippen molar-refractivity contribution in [2.24, 2.45) is 5.92 Å². The molecule has 1 heterocycles. The van der Waals surface area contributed by atoms with E-state index in [4.69, 9.17) is 4.74 Å². The number of piperidine rings is 1. The molecule has 1 aromatic rings. The molecule has 1 aliphatic heterocycles. The minimum atomic E-state index is -0.452. The molecule has 21 heavy (non-hydrogen) atoms. The number of hydrogen-bond donors (Lipinski definition) is 0. The zero-order valence-electron chi connectivity index (χ0n) is 12.5. The molecule has 0 amide bonds. The van der Waals surface area contributed by atoms with Gasteiger partial charge in [0.1, 0.15) is 18.9 Å². The van der Waals surface area contributed by atoms with Crippen LogP contribution in [0.3, 0.4) is 0 Å². The Balaban J connectivity index is 1.98. The second-order valence-corrected chi connectivity index (χ2v) is 5.63. The SMILES string of the molecule is CC(C=O)C(C(=O)OCc1ccccc1)N1CCCCC1. The maximum atomic E-state index is 12.4. The number of carbonyl (C=O) groups excluding carboxylic acids is 2. The standard InChI is InChI=1S/C17H23NO3/c1-14(12-19)16(18-10-6-3-7-11-18)17(20)21-13-15-8-4-2-5-9-15/h2,4-5,8-9,12,14,16H,3,6-7,10-11,13H2,1H3. The van der Waals surface area contributed by atoms with Gasteiger partial charge in [0.05, 0.1) is 0 Å². The van der Waals surface area contributed by atoms with Gasteiger partial charge in [0, 0.05) is 5.92 Å². The minimum Gasteiger partial charge on any atom is -0.460 e. The van der Waals surface area contributed by atoms with Crippen LogP contribution in [0.2, 0.25) is 0 Å². The average molecular weight is 289 g/mol. The summed E-state index contributed by atoms with van der Waals surface area (Å²) in [6, 6.07) is 9.15. The van der Waals surface area contributed by atoms with Crippen molar-refractivity contribution < 1.29 is 14.3 Å². The molecule has 0 spiro atoms. The van der Waals surface area contributed by atoms with Crippen molar-refractivity contribution in [2.75, 3.05) is 13.1 Å². The highest BCUT2D eigenvalue weighted by Crippen LogP contribution is 2.18.